The topological polar surface area (TPSA) is 8.17 Å². The molecule has 0 spiro atoms. The Hall–Kier alpha value is -2.58. The van der Waals surface area contributed by atoms with E-state index in [4.69, 9.17) is 0 Å². The van der Waals surface area contributed by atoms with Crippen LogP contribution in [0.3, 0.4) is 0 Å². The van der Waals surface area contributed by atoms with Crippen molar-refractivity contribution in [3.05, 3.63) is 111 Å². The summed E-state index contributed by atoms with van der Waals surface area (Å²) in [6, 6.07) is 20.4. The summed E-state index contributed by atoms with van der Waals surface area (Å²) < 4.78 is 5.49. The molecule has 2 nitrogen and oxygen atoms in total. The van der Waals surface area contributed by atoms with Gasteiger partial charge in [0.05, 0.1) is 0 Å². The van der Waals surface area contributed by atoms with Gasteiger partial charge >= 0.3 is 0 Å². The van der Waals surface area contributed by atoms with Gasteiger partial charge in [0.1, 0.15) is 0 Å². The van der Waals surface area contributed by atoms with Gasteiger partial charge < -0.3 is 9.29 Å². The van der Waals surface area contributed by atoms with Gasteiger partial charge in [0, 0.05) is 27.5 Å². The fraction of sp³-hybridized carbons (Fsp3) is 0.0400. The maximum absolute atomic E-state index is 2.68. The maximum Gasteiger partial charge on any atom is 0.261 e. The summed E-state index contributed by atoms with van der Waals surface area (Å²) in [4.78, 5) is 3.99. The van der Waals surface area contributed by atoms with Gasteiger partial charge in [-0.05, 0) is 69.4 Å². The van der Waals surface area contributed by atoms with Crippen molar-refractivity contribution >= 4 is 66.9 Å². The maximum atomic E-state index is 2.68. The molecule has 0 atom stereocenters. The first kappa shape index (κ1) is 18.9. The number of allylic oxidation sites excluding steroid dienone is 1. The summed E-state index contributed by atoms with van der Waals surface area (Å²) in [5.41, 5.74) is 6.60. The van der Waals surface area contributed by atoms with Crippen molar-refractivity contribution in [2.75, 3.05) is 6.54 Å². The second-order valence-electron chi connectivity index (χ2n) is 8.09. The third-order valence-electron chi connectivity index (χ3n) is 6.61. The Bertz CT molecular complexity index is 1400. The van der Waals surface area contributed by atoms with E-state index >= 15 is 0 Å². The standard InChI is InChI=1S/C25H18BN2S4/c1-5-20-25(18-11-16-29-17-18)21-10-9-19(22-6-2-13-30-22)28(21)26(27(20)12-1,23-7-3-14-31-23)24-8-4-15-32-24/h1-11,13-17H,12H2/q-1. The molecule has 0 saturated carbocycles. The Morgan fingerprint density at radius 2 is 1.50 bits per heavy atom. The van der Waals surface area contributed by atoms with E-state index < -0.39 is 6.42 Å². The first-order chi connectivity index (χ1) is 15.9. The van der Waals surface area contributed by atoms with Crippen molar-refractivity contribution < 1.29 is 0 Å². The lowest BCUT2D eigenvalue weighted by molar-refractivity contribution is 0.603. The van der Waals surface area contributed by atoms with Crippen LogP contribution in [0, 0.1) is 0 Å². The van der Waals surface area contributed by atoms with Crippen molar-refractivity contribution in [3.63, 3.8) is 0 Å². The molecule has 0 amide bonds. The average Bonchev–Trinajstić information content (AvgIpc) is 3.67. The molecule has 7 heterocycles. The molecular formula is C25H18BN2S4-. The van der Waals surface area contributed by atoms with Crippen LogP contribution in [0.5, 0.6) is 0 Å². The van der Waals surface area contributed by atoms with Gasteiger partial charge in [-0.15, -0.1) is 20.9 Å². The van der Waals surface area contributed by atoms with Gasteiger partial charge in [-0.2, -0.15) is 34.0 Å². The van der Waals surface area contributed by atoms with Gasteiger partial charge in [-0.25, -0.2) is 0 Å². The van der Waals surface area contributed by atoms with E-state index in [1.54, 1.807) is 11.3 Å². The minimum absolute atomic E-state index is 0.917. The first-order valence-corrected chi connectivity index (χ1v) is 14.2. The monoisotopic (exact) mass is 485 g/mol. The van der Waals surface area contributed by atoms with Crippen molar-refractivity contribution in [3.8, 4) is 10.6 Å². The minimum Gasteiger partial charge on any atom is -0.515 e. The van der Waals surface area contributed by atoms with Gasteiger partial charge in [-0.1, -0.05) is 36.4 Å². The van der Waals surface area contributed by atoms with E-state index in [9.17, 15) is 0 Å². The zero-order valence-electron chi connectivity index (χ0n) is 17.0. The molecule has 2 aliphatic rings. The normalized spacial score (nSPS) is 16.6. The largest absolute Gasteiger partial charge is 0.515 e. The summed E-state index contributed by atoms with van der Waals surface area (Å²) in [7, 11) is 0. The summed E-state index contributed by atoms with van der Waals surface area (Å²) in [5.74, 6) is 0. The van der Waals surface area contributed by atoms with Crippen LogP contribution in [-0.4, -0.2) is 22.2 Å². The molecule has 0 aliphatic carbocycles. The molecule has 0 saturated heterocycles. The van der Waals surface area contributed by atoms with Crippen LogP contribution in [0.1, 0.15) is 11.3 Å². The lowest BCUT2D eigenvalue weighted by Gasteiger charge is -2.56. The zero-order chi connectivity index (χ0) is 21.1. The number of aromatic nitrogens is 1. The molecule has 7 rings (SSSR count). The minimum atomic E-state index is -1.35. The van der Waals surface area contributed by atoms with E-state index in [0.717, 1.165) is 6.54 Å². The van der Waals surface area contributed by atoms with Gasteiger partial charge in [-0.3, -0.25) is 0 Å². The fourth-order valence-electron chi connectivity index (χ4n) is 5.45. The molecular weight excluding hydrogens is 467 g/mol. The number of hydrogen-bond donors (Lipinski definition) is 0. The number of hydrogen-bond acceptors (Lipinski definition) is 5. The van der Waals surface area contributed by atoms with Crippen LogP contribution >= 0.6 is 45.3 Å². The number of rotatable bonds is 4. The van der Waals surface area contributed by atoms with Crippen molar-refractivity contribution in [1.29, 1.82) is 0 Å². The molecule has 156 valence electrons. The highest BCUT2D eigenvalue weighted by atomic mass is 32.1. The van der Waals surface area contributed by atoms with E-state index in [-0.39, 0.29) is 0 Å². The Kier molecular flexibility index (Phi) is 4.27. The van der Waals surface area contributed by atoms with Crippen LogP contribution in [0.25, 0.3) is 16.1 Å². The van der Waals surface area contributed by atoms with E-state index in [1.807, 2.05) is 34.0 Å². The predicted molar refractivity (Wildman–Crippen MR) is 143 cm³/mol. The molecule has 5 aromatic rings. The molecule has 7 heteroatoms. The van der Waals surface area contributed by atoms with E-state index in [0.29, 0.717) is 0 Å². The Balaban J connectivity index is 1.66. The summed E-state index contributed by atoms with van der Waals surface area (Å²) in [5, 5.41) is 11.1. The second kappa shape index (κ2) is 7.22. The Morgan fingerprint density at radius 3 is 2.16 bits per heavy atom. The van der Waals surface area contributed by atoms with Crippen LogP contribution in [0.4, 0.5) is 0 Å². The molecule has 0 fully saturated rings. The van der Waals surface area contributed by atoms with Crippen LogP contribution < -0.4 is 9.55 Å². The van der Waals surface area contributed by atoms with Crippen molar-refractivity contribution in [1.82, 2.24) is 9.29 Å². The van der Waals surface area contributed by atoms with Gasteiger partial charge in [0.2, 0.25) is 0 Å². The van der Waals surface area contributed by atoms with Crippen LogP contribution in [-0.2, 0) is 0 Å². The number of thiophene rings is 4. The molecule has 0 unspecified atom stereocenters. The quantitative estimate of drug-likeness (QED) is 0.277. The van der Waals surface area contributed by atoms with Crippen molar-refractivity contribution in [2.45, 2.75) is 0 Å². The van der Waals surface area contributed by atoms with Gasteiger partial charge in [0.15, 0.2) is 0 Å². The van der Waals surface area contributed by atoms with Crippen molar-refractivity contribution in [2.24, 2.45) is 0 Å². The molecule has 2 aliphatic heterocycles. The molecule has 5 aromatic heterocycles. The van der Waals surface area contributed by atoms with E-state index in [2.05, 4.69) is 103 Å². The lowest BCUT2D eigenvalue weighted by Crippen LogP contribution is -2.74. The van der Waals surface area contributed by atoms with E-state index in [1.165, 1.54) is 42.7 Å². The number of fused-ring (bicyclic) bond motifs is 2. The Morgan fingerprint density at radius 1 is 0.750 bits per heavy atom. The Labute approximate surface area is 203 Å². The summed E-state index contributed by atoms with van der Waals surface area (Å²) in [6.45, 7) is 0.917. The van der Waals surface area contributed by atoms with Crippen LogP contribution in [0.15, 0.2) is 99.3 Å². The molecule has 0 N–H and O–H groups in total. The van der Waals surface area contributed by atoms with Crippen LogP contribution in [0.2, 0.25) is 0 Å². The third-order valence-corrected chi connectivity index (χ3v) is 10.2. The zero-order valence-corrected chi connectivity index (χ0v) is 20.3. The predicted octanol–water partition coefficient (Wildman–Crippen LogP) is 6.15. The first-order valence-electron chi connectivity index (χ1n) is 10.6. The molecule has 0 bridgehead atoms. The number of nitrogens with zero attached hydrogens (tertiary/aromatic N) is 2. The molecule has 0 radical (unpaired) electrons. The lowest BCUT2D eigenvalue weighted by atomic mass is 9.40. The molecule has 0 aromatic carbocycles. The average molecular weight is 486 g/mol. The third kappa shape index (κ3) is 2.45. The SMILES string of the molecule is C1=CC2=C(c3ccsc3)c3ccc(-c4cccs4)n3[B-](c3cccs3)(c3cccs3)N2C1. The summed E-state index contributed by atoms with van der Waals surface area (Å²) >= 11 is 7.34. The highest BCUT2D eigenvalue weighted by molar-refractivity contribution is 7.35. The highest BCUT2D eigenvalue weighted by Gasteiger charge is 2.46. The summed E-state index contributed by atoms with van der Waals surface area (Å²) in [6.07, 6.45) is 3.32. The fourth-order valence-corrected chi connectivity index (χ4v) is 8.96. The smallest absolute Gasteiger partial charge is 0.261 e. The molecule has 32 heavy (non-hydrogen) atoms. The highest BCUT2D eigenvalue weighted by Crippen LogP contribution is 2.44. The second-order valence-corrected chi connectivity index (χ2v) is 11.8. The van der Waals surface area contributed by atoms with Gasteiger partial charge in [0.25, 0.3) is 6.42 Å².